The average molecular weight is 288 g/mol. The molecule has 1 unspecified atom stereocenters. The summed E-state index contributed by atoms with van der Waals surface area (Å²) in [5.74, 6) is 0.272. The number of unbranched alkanes of at least 4 members (excludes halogenated alkanes) is 1. The van der Waals surface area contributed by atoms with E-state index in [-0.39, 0.29) is 12.2 Å². The van der Waals surface area contributed by atoms with Crippen LogP contribution in [0.5, 0.6) is 5.75 Å². The normalized spacial score (nSPS) is 12.1. The lowest BCUT2D eigenvalue weighted by atomic mass is 10.1. The predicted molar refractivity (Wildman–Crippen MR) is 81.9 cm³/mol. The van der Waals surface area contributed by atoms with E-state index in [2.05, 4.69) is 6.92 Å². The third-order valence-electron chi connectivity index (χ3n) is 3.41. The van der Waals surface area contributed by atoms with E-state index in [0.29, 0.717) is 5.75 Å². The van der Waals surface area contributed by atoms with Crippen molar-refractivity contribution in [3.63, 3.8) is 0 Å². The second kappa shape index (κ2) is 7.79. The molecular weight excluding hydrogens is 267 g/mol. The van der Waals surface area contributed by atoms with Crippen LogP contribution in [0, 0.1) is 5.82 Å². The first-order chi connectivity index (χ1) is 10.2. The maximum atomic E-state index is 13.5. The summed E-state index contributed by atoms with van der Waals surface area (Å²) >= 11 is 0. The maximum Gasteiger partial charge on any atom is 0.129 e. The second-order valence-corrected chi connectivity index (χ2v) is 5.10. The number of rotatable bonds is 7. The van der Waals surface area contributed by atoms with Crippen molar-refractivity contribution in [3.05, 3.63) is 65.5 Å². The molecule has 0 aromatic heterocycles. The van der Waals surface area contributed by atoms with E-state index < -0.39 is 11.9 Å². The Hall–Kier alpha value is -1.87. The van der Waals surface area contributed by atoms with Gasteiger partial charge in [0.05, 0.1) is 0 Å². The van der Waals surface area contributed by atoms with E-state index in [0.717, 1.165) is 6.42 Å². The Morgan fingerprint density at radius 3 is 2.48 bits per heavy atom. The zero-order valence-electron chi connectivity index (χ0n) is 12.3. The van der Waals surface area contributed by atoms with Crippen LogP contribution in [0.2, 0.25) is 0 Å². The third kappa shape index (κ3) is 4.57. The van der Waals surface area contributed by atoms with Crippen molar-refractivity contribution >= 4 is 0 Å². The minimum atomic E-state index is -0.967. The molecule has 0 aliphatic rings. The minimum absolute atomic E-state index is 0.0369. The molecule has 1 atom stereocenters. The zero-order valence-corrected chi connectivity index (χ0v) is 12.3. The molecule has 112 valence electrons. The molecule has 0 spiro atoms. The highest BCUT2D eigenvalue weighted by Crippen LogP contribution is 2.19. The predicted octanol–water partition coefficient (Wildman–Crippen LogP) is 4.28. The van der Waals surface area contributed by atoms with Gasteiger partial charge in [0.15, 0.2) is 0 Å². The molecule has 0 radical (unpaired) electrons. The molecule has 0 aliphatic heterocycles. The van der Waals surface area contributed by atoms with Crippen LogP contribution in [-0.2, 0) is 6.42 Å². The Balaban J connectivity index is 1.89. The lowest BCUT2D eigenvalue weighted by Gasteiger charge is -2.13. The SMILES string of the molecule is CCCCc1ccc(OCC(O)c2ccccc2F)cc1. The zero-order chi connectivity index (χ0) is 15.1. The van der Waals surface area contributed by atoms with E-state index in [4.69, 9.17) is 4.74 Å². The molecule has 0 aliphatic carbocycles. The monoisotopic (exact) mass is 288 g/mol. The molecule has 2 rings (SSSR count). The molecule has 3 heteroatoms. The highest BCUT2D eigenvalue weighted by Gasteiger charge is 2.12. The molecule has 0 saturated heterocycles. The van der Waals surface area contributed by atoms with Crippen LogP contribution >= 0.6 is 0 Å². The smallest absolute Gasteiger partial charge is 0.129 e. The molecule has 1 N–H and O–H groups in total. The Kier molecular flexibility index (Phi) is 5.76. The number of halogens is 1. The van der Waals surface area contributed by atoms with E-state index in [1.807, 2.05) is 24.3 Å². The quantitative estimate of drug-likeness (QED) is 0.824. The van der Waals surface area contributed by atoms with Crippen molar-refractivity contribution < 1.29 is 14.2 Å². The number of ether oxygens (including phenoxy) is 1. The summed E-state index contributed by atoms with van der Waals surface area (Å²) in [7, 11) is 0. The van der Waals surface area contributed by atoms with Crippen molar-refractivity contribution in [1.82, 2.24) is 0 Å². The van der Waals surface area contributed by atoms with Gasteiger partial charge >= 0.3 is 0 Å². The van der Waals surface area contributed by atoms with Crippen molar-refractivity contribution in [3.8, 4) is 5.75 Å². The first kappa shape index (κ1) is 15.5. The molecule has 0 saturated carbocycles. The number of hydrogen-bond donors (Lipinski definition) is 1. The van der Waals surface area contributed by atoms with Gasteiger partial charge in [0.25, 0.3) is 0 Å². The fourth-order valence-electron chi connectivity index (χ4n) is 2.14. The number of benzene rings is 2. The van der Waals surface area contributed by atoms with Crippen molar-refractivity contribution in [1.29, 1.82) is 0 Å². The fourth-order valence-corrected chi connectivity index (χ4v) is 2.14. The lowest BCUT2D eigenvalue weighted by Crippen LogP contribution is -2.11. The van der Waals surface area contributed by atoms with Crippen LogP contribution in [0.25, 0.3) is 0 Å². The Labute approximate surface area is 125 Å². The summed E-state index contributed by atoms with van der Waals surface area (Å²) in [6, 6.07) is 14.0. The molecule has 0 fully saturated rings. The van der Waals surface area contributed by atoms with Gasteiger partial charge in [-0.3, -0.25) is 0 Å². The topological polar surface area (TPSA) is 29.5 Å². The molecule has 0 amide bonds. The average Bonchev–Trinajstić information content (AvgIpc) is 2.52. The van der Waals surface area contributed by atoms with Gasteiger partial charge in [-0.15, -0.1) is 0 Å². The molecule has 21 heavy (non-hydrogen) atoms. The van der Waals surface area contributed by atoms with E-state index in [9.17, 15) is 9.50 Å². The number of aliphatic hydroxyl groups is 1. The molecule has 2 aromatic rings. The van der Waals surface area contributed by atoms with Crippen LogP contribution in [0.1, 0.15) is 37.0 Å². The number of hydrogen-bond acceptors (Lipinski definition) is 2. The Bertz CT molecular complexity index is 551. The highest BCUT2D eigenvalue weighted by molar-refractivity contribution is 5.27. The van der Waals surface area contributed by atoms with Crippen molar-refractivity contribution in [2.75, 3.05) is 6.61 Å². The van der Waals surface area contributed by atoms with Crippen LogP contribution in [0.15, 0.2) is 48.5 Å². The summed E-state index contributed by atoms with van der Waals surface area (Å²) in [6.07, 6.45) is 2.44. The largest absolute Gasteiger partial charge is 0.491 e. The van der Waals surface area contributed by atoms with Gasteiger partial charge in [-0.2, -0.15) is 0 Å². The third-order valence-corrected chi connectivity index (χ3v) is 3.41. The van der Waals surface area contributed by atoms with Gasteiger partial charge in [0.2, 0.25) is 0 Å². The van der Waals surface area contributed by atoms with E-state index in [1.54, 1.807) is 18.2 Å². The van der Waals surface area contributed by atoms with Gasteiger partial charge in [-0.05, 0) is 36.6 Å². The Morgan fingerprint density at radius 2 is 1.81 bits per heavy atom. The summed E-state index contributed by atoms with van der Waals surface area (Å²) in [4.78, 5) is 0. The fraction of sp³-hybridized carbons (Fsp3) is 0.333. The van der Waals surface area contributed by atoms with Crippen LogP contribution < -0.4 is 4.74 Å². The number of aryl methyl sites for hydroxylation is 1. The van der Waals surface area contributed by atoms with Gasteiger partial charge < -0.3 is 9.84 Å². The van der Waals surface area contributed by atoms with Crippen molar-refractivity contribution in [2.24, 2.45) is 0 Å². The summed E-state index contributed by atoms with van der Waals surface area (Å²) in [5, 5.41) is 9.97. The summed E-state index contributed by atoms with van der Waals surface area (Å²) < 4.78 is 19.0. The first-order valence-corrected chi connectivity index (χ1v) is 7.35. The minimum Gasteiger partial charge on any atom is -0.491 e. The van der Waals surface area contributed by atoms with E-state index >= 15 is 0 Å². The van der Waals surface area contributed by atoms with Crippen molar-refractivity contribution in [2.45, 2.75) is 32.3 Å². The molecule has 2 nitrogen and oxygen atoms in total. The molecule has 0 heterocycles. The molecule has 0 bridgehead atoms. The van der Waals surface area contributed by atoms with Gasteiger partial charge in [0, 0.05) is 5.56 Å². The van der Waals surface area contributed by atoms with Gasteiger partial charge in [-0.25, -0.2) is 4.39 Å². The highest BCUT2D eigenvalue weighted by atomic mass is 19.1. The summed E-state index contributed by atoms with van der Waals surface area (Å²) in [6.45, 7) is 2.21. The standard InChI is InChI=1S/C18H21FO2/c1-2-3-6-14-9-11-15(12-10-14)21-13-18(20)16-7-4-5-8-17(16)19/h4-5,7-12,18,20H,2-3,6,13H2,1H3. The summed E-state index contributed by atoms with van der Waals surface area (Å²) in [5.41, 5.74) is 1.54. The lowest BCUT2D eigenvalue weighted by molar-refractivity contribution is 0.105. The van der Waals surface area contributed by atoms with Gasteiger partial charge in [0.1, 0.15) is 24.3 Å². The van der Waals surface area contributed by atoms with Gasteiger partial charge in [-0.1, -0.05) is 43.7 Å². The number of aliphatic hydroxyl groups excluding tert-OH is 1. The molecular formula is C18H21FO2. The van der Waals surface area contributed by atoms with Crippen LogP contribution in [0.4, 0.5) is 4.39 Å². The van der Waals surface area contributed by atoms with Crippen LogP contribution in [-0.4, -0.2) is 11.7 Å². The molecule has 2 aromatic carbocycles. The maximum absolute atomic E-state index is 13.5. The first-order valence-electron chi connectivity index (χ1n) is 7.35. The second-order valence-electron chi connectivity index (χ2n) is 5.10. The Morgan fingerprint density at radius 1 is 1.10 bits per heavy atom. The van der Waals surface area contributed by atoms with Crippen LogP contribution in [0.3, 0.4) is 0 Å². The van der Waals surface area contributed by atoms with E-state index in [1.165, 1.54) is 24.5 Å².